The first-order chi connectivity index (χ1) is 11.6. The summed E-state index contributed by atoms with van der Waals surface area (Å²) >= 11 is 3.45. The average molecular weight is 389 g/mol. The number of nitrogens with zero attached hydrogens (tertiary/aromatic N) is 1. The summed E-state index contributed by atoms with van der Waals surface area (Å²) in [6, 6.07) is 18.6. The second-order valence-electron chi connectivity index (χ2n) is 6.06. The summed E-state index contributed by atoms with van der Waals surface area (Å²) in [4.78, 5) is 14.2. The highest BCUT2D eigenvalue weighted by molar-refractivity contribution is 9.10. The van der Waals surface area contributed by atoms with Gasteiger partial charge >= 0.3 is 0 Å². The van der Waals surface area contributed by atoms with Gasteiger partial charge in [0.2, 0.25) is 5.91 Å². The molecule has 24 heavy (non-hydrogen) atoms. The van der Waals surface area contributed by atoms with Crippen molar-refractivity contribution >= 4 is 21.8 Å². The predicted molar refractivity (Wildman–Crippen MR) is 103 cm³/mol. The maximum Gasteiger partial charge on any atom is 0.220 e. The summed E-state index contributed by atoms with van der Waals surface area (Å²) in [5.41, 5.74) is 2.50. The van der Waals surface area contributed by atoms with Crippen LogP contribution in [0.1, 0.15) is 24.0 Å². The van der Waals surface area contributed by atoms with Crippen LogP contribution in [-0.2, 0) is 17.8 Å². The van der Waals surface area contributed by atoms with Gasteiger partial charge < -0.3 is 10.2 Å². The van der Waals surface area contributed by atoms with Crippen molar-refractivity contribution in [3.63, 3.8) is 0 Å². The van der Waals surface area contributed by atoms with E-state index in [-0.39, 0.29) is 5.91 Å². The molecule has 0 aliphatic carbocycles. The highest BCUT2D eigenvalue weighted by Gasteiger charge is 2.04. The van der Waals surface area contributed by atoms with Crippen molar-refractivity contribution in [1.29, 1.82) is 0 Å². The van der Waals surface area contributed by atoms with Gasteiger partial charge in [-0.1, -0.05) is 58.4 Å². The van der Waals surface area contributed by atoms with Crippen molar-refractivity contribution in [2.45, 2.75) is 25.8 Å². The number of hydrogen-bond donors (Lipinski definition) is 1. The standard InChI is InChI=1S/C20H25BrN2O/c1-23(16-18-7-3-2-4-8-18)14-6-13-22-20(24)12-11-17-9-5-10-19(21)15-17/h2-5,7-10,15H,6,11-14,16H2,1H3,(H,22,24). The summed E-state index contributed by atoms with van der Waals surface area (Å²) in [6.45, 7) is 2.65. The lowest BCUT2D eigenvalue weighted by Crippen LogP contribution is -2.28. The van der Waals surface area contributed by atoms with Gasteiger partial charge in [-0.2, -0.15) is 0 Å². The Morgan fingerprint density at radius 2 is 1.83 bits per heavy atom. The zero-order valence-electron chi connectivity index (χ0n) is 14.2. The number of halogens is 1. The predicted octanol–water partition coefficient (Wildman–Crippen LogP) is 4.02. The Hall–Kier alpha value is -1.65. The smallest absolute Gasteiger partial charge is 0.220 e. The molecule has 0 fully saturated rings. The lowest BCUT2D eigenvalue weighted by molar-refractivity contribution is -0.121. The summed E-state index contributed by atoms with van der Waals surface area (Å²) in [5, 5.41) is 3.01. The lowest BCUT2D eigenvalue weighted by Gasteiger charge is -2.16. The number of amides is 1. The number of nitrogens with one attached hydrogen (secondary N) is 1. The van der Waals surface area contributed by atoms with Gasteiger partial charge in [0.1, 0.15) is 0 Å². The molecule has 0 saturated heterocycles. The van der Waals surface area contributed by atoms with Gasteiger partial charge in [0.25, 0.3) is 0 Å². The first kappa shape index (κ1) is 18.7. The maximum absolute atomic E-state index is 11.9. The number of carbonyl (C=O) groups excluding carboxylic acids is 1. The lowest BCUT2D eigenvalue weighted by atomic mass is 10.1. The zero-order valence-corrected chi connectivity index (χ0v) is 15.8. The number of benzene rings is 2. The third kappa shape index (κ3) is 7.28. The van der Waals surface area contributed by atoms with Crippen LogP contribution < -0.4 is 5.32 Å². The fourth-order valence-electron chi connectivity index (χ4n) is 2.59. The molecular weight excluding hydrogens is 364 g/mol. The Kier molecular flexibility index (Phi) is 7.99. The Morgan fingerprint density at radius 3 is 2.58 bits per heavy atom. The van der Waals surface area contributed by atoms with Crippen LogP contribution in [0.3, 0.4) is 0 Å². The maximum atomic E-state index is 11.9. The van der Waals surface area contributed by atoms with Crippen LogP contribution in [-0.4, -0.2) is 30.9 Å². The summed E-state index contributed by atoms with van der Waals surface area (Å²) in [6.07, 6.45) is 2.28. The van der Waals surface area contributed by atoms with Crippen LogP contribution >= 0.6 is 15.9 Å². The minimum absolute atomic E-state index is 0.126. The molecule has 0 saturated carbocycles. The van der Waals surface area contributed by atoms with E-state index >= 15 is 0 Å². The quantitative estimate of drug-likeness (QED) is 0.657. The van der Waals surface area contributed by atoms with Gasteiger partial charge in [-0.05, 0) is 49.7 Å². The molecular formula is C20H25BrN2O. The molecule has 0 spiro atoms. The molecule has 0 aliphatic rings. The Labute approximate surface area is 153 Å². The number of hydrogen-bond acceptors (Lipinski definition) is 2. The van der Waals surface area contributed by atoms with Crippen LogP contribution in [0.25, 0.3) is 0 Å². The molecule has 2 aromatic carbocycles. The molecule has 3 nitrogen and oxygen atoms in total. The van der Waals surface area contributed by atoms with Crippen LogP contribution in [0, 0.1) is 0 Å². The van der Waals surface area contributed by atoms with Crippen LogP contribution in [0.5, 0.6) is 0 Å². The number of carbonyl (C=O) groups is 1. The molecule has 0 aliphatic heterocycles. The van der Waals surface area contributed by atoms with Crippen LogP contribution in [0.2, 0.25) is 0 Å². The van der Waals surface area contributed by atoms with Gasteiger partial charge in [0.05, 0.1) is 0 Å². The number of rotatable bonds is 9. The molecule has 2 aromatic rings. The molecule has 128 valence electrons. The first-order valence-corrected chi connectivity index (χ1v) is 9.16. The van der Waals surface area contributed by atoms with Gasteiger partial charge in [-0.15, -0.1) is 0 Å². The summed E-state index contributed by atoms with van der Waals surface area (Å²) in [5.74, 6) is 0.126. The minimum atomic E-state index is 0.126. The third-order valence-electron chi connectivity index (χ3n) is 3.86. The molecule has 0 radical (unpaired) electrons. The highest BCUT2D eigenvalue weighted by atomic mass is 79.9. The normalized spacial score (nSPS) is 10.8. The van der Waals surface area contributed by atoms with E-state index in [0.29, 0.717) is 6.42 Å². The second-order valence-corrected chi connectivity index (χ2v) is 6.97. The SMILES string of the molecule is CN(CCCNC(=O)CCc1cccc(Br)c1)Cc1ccccc1. The van der Waals surface area contributed by atoms with Gasteiger partial charge in [0.15, 0.2) is 0 Å². The highest BCUT2D eigenvalue weighted by Crippen LogP contribution is 2.12. The van der Waals surface area contributed by atoms with Gasteiger partial charge in [-0.3, -0.25) is 4.79 Å². The Bertz CT molecular complexity index is 631. The molecule has 0 bridgehead atoms. The van der Waals surface area contributed by atoms with E-state index in [1.807, 2.05) is 18.2 Å². The van der Waals surface area contributed by atoms with Crippen LogP contribution in [0.4, 0.5) is 0 Å². The van der Waals surface area contributed by atoms with E-state index < -0.39 is 0 Å². The molecule has 2 rings (SSSR count). The Morgan fingerprint density at radius 1 is 1.08 bits per heavy atom. The second kappa shape index (κ2) is 10.3. The van der Waals surface area contributed by atoms with E-state index in [0.717, 1.165) is 36.9 Å². The Balaban J connectivity index is 1.57. The fourth-order valence-corrected chi connectivity index (χ4v) is 3.04. The third-order valence-corrected chi connectivity index (χ3v) is 4.36. The molecule has 0 unspecified atom stereocenters. The van der Waals surface area contributed by atoms with E-state index in [4.69, 9.17) is 0 Å². The van der Waals surface area contributed by atoms with Crippen molar-refractivity contribution < 1.29 is 4.79 Å². The number of aryl methyl sites for hydroxylation is 1. The van der Waals surface area contributed by atoms with Crippen molar-refractivity contribution in [2.24, 2.45) is 0 Å². The van der Waals surface area contributed by atoms with E-state index in [1.165, 1.54) is 11.1 Å². The first-order valence-electron chi connectivity index (χ1n) is 8.37. The largest absolute Gasteiger partial charge is 0.356 e. The van der Waals surface area contributed by atoms with Gasteiger partial charge in [-0.25, -0.2) is 0 Å². The molecule has 1 amide bonds. The molecule has 1 N–H and O–H groups in total. The molecule has 0 atom stereocenters. The molecule has 4 heteroatoms. The monoisotopic (exact) mass is 388 g/mol. The molecule has 0 aromatic heterocycles. The van der Waals surface area contributed by atoms with E-state index in [2.05, 4.69) is 69.6 Å². The minimum Gasteiger partial charge on any atom is -0.356 e. The van der Waals surface area contributed by atoms with Crippen LogP contribution in [0.15, 0.2) is 59.1 Å². The van der Waals surface area contributed by atoms with Crippen molar-refractivity contribution in [1.82, 2.24) is 10.2 Å². The molecule has 0 heterocycles. The van der Waals surface area contributed by atoms with Crippen molar-refractivity contribution in [3.05, 3.63) is 70.2 Å². The van der Waals surface area contributed by atoms with E-state index in [9.17, 15) is 4.79 Å². The van der Waals surface area contributed by atoms with Gasteiger partial charge in [0, 0.05) is 24.0 Å². The van der Waals surface area contributed by atoms with Crippen molar-refractivity contribution in [3.8, 4) is 0 Å². The zero-order chi connectivity index (χ0) is 17.2. The topological polar surface area (TPSA) is 32.3 Å². The summed E-state index contributed by atoms with van der Waals surface area (Å²) in [7, 11) is 2.11. The van der Waals surface area contributed by atoms with Crippen molar-refractivity contribution in [2.75, 3.05) is 20.1 Å². The fraction of sp³-hybridized carbons (Fsp3) is 0.350. The average Bonchev–Trinajstić information content (AvgIpc) is 2.58. The van der Waals surface area contributed by atoms with E-state index in [1.54, 1.807) is 0 Å². The summed E-state index contributed by atoms with van der Waals surface area (Å²) < 4.78 is 1.06.